The van der Waals surface area contributed by atoms with Gasteiger partial charge < -0.3 is 0 Å². The summed E-state index contributed by atoms with van der Waals surface area (Å²) < 4.78 is 0. The zero-order valence-corrected chi connectivity index (χ0v) is 14.7. The minimum atomic E-state index is 0.991. The molecule has 4 unspecified atom stereocenters. The summed E-state index contributed by atoms with van der Waals surface area (Å²) in [7, 11) is 0. The van der Waals surface area contributed by atoms with Gasteiger partial charge in [-0.1, -0.05) is 52.4 Å². The van der Waals surface area contributed by atoms with Gasteiger partial charge in [0.1, 0.15) is 0 Å². The van der Waals surface area contributed by atoms with Gasteiger partial charge in [0.15, 0.2) is 0 Å². The van der Waals surface area contributed by atoms with E-state index in [4.69, 9.17) is 0 Å². The summed E-state index contributed by atoms with van der Waals surface area (Å²) in [5, 5.41) is 0. The van der Waals surface area contributed by atoms with E-state index in [9.17, 15) is 0 Å². The maximum absolute atomic E-state index is 2.52. The van der Waals surface area contributed by atoms with E-state index >= 15 is 0 Å². The van der Waals surface area contributed by atoms with Crippen molar-refractivity contribution >= 4 is 0 Å². The van der Waals surface area contributed by atoms with E-state index in [1.165, 1.54) is 25.7 Å². The van der Waals surface area contributed by atoms with E-state index in [0.29, 0.717) is 0 Å². The molecule has 3 aliphatic rings. The topological polar surface area (TPSA) is 0 Å². The maximum atomic E-state index is 2.52. The molecule has 0 heteroatoms. The first-order valence-electron chi connectivity index (χ1n) is 10.3. The Hall–Kier alpha value is 0. The second-order valence-corrected chi connectivity index (χ2v) is 8.82. The molecule has 0 heterocycles. The van der Waals surface area contributed by atoms with E-state index in [-0.39, 0.29) is 0 Å². The van der Waals surface area contributed by atoms with Gasteiger partial charge in [-0.15, -0.1) is 0 Å². The molecule has 0 N–H and O–H groups in total. The molecule has 0 saturated heterocycles. The summed E-state index contributed by atoms with van der Waals surface area (Å²) in [4.78, 5) is 0. The molecule has 21 heavy (non-hydrogen) atoms. The van der Waals surface area contributed by atoms with E-state index in [0.717, 1.165) is 35.5 Å². The molecular weight excluding hydrogens is 252 g/mol. The Morgan fingerprint density at radius 1 is 0.714 bits per heavy atom. The predicted molar refractivity (Wildman–Crippen MR) is 92.3 cm³/mol. The van der Waals surface area contributed by atoms with Crippen LogP contribution in [0.4, 0.5) is 0 Å². The van der Waals surface area contributed by atoms with Crippen LogP contribution in [0.5, 0.6) is 0 Å². The zero-order valence-electron chi connectivity index (χ0n) is 14.7. The van der Waals surface area contributed by atoms with Crippen molar-refractivity contribution in [2.45, 2.75) is 97.3 Å². The van der Waals surface area contributed by atoms with E-state index in [1.54, 1.807) is 57.8 Å². The molecule has 0 nitrogen and oxygen atoms in total. The van der Waals surface area contributed by atoms with E-state index in [2.05, 4.69) is 13.8 Å². The quantitative estimate of drug-likeness (QED) is 0.532. The van der Waals surface area contributed by atoms with Gasteiger partial charge in [-0.2, -0.15) is 0 Å². The lowest BCUT2D eigenvalue weighted by molar-refractivity contribution is 0.0719. The number of hydrogen-bond acceptors (Lipinski definition) is 0. The van der Waals surface area contributed by atoms with Crippen molar-refractivity contribution in [2.24, 2.45) is 35.5 Å². The van der Waals surface area contributed by atoms with Crippen molar-refractivity contribution in [1.29, 1.82) is 0 Å². The van der Waals surface area contributed by atoms with Crippen LogP contribution in [-0.2, 0) is 0 Å². The minimum absolute atomic E-state index is 0.991. The summed E-state index contributed by atoms with van der Waals surface area (Å²) in [5.41, 5.74) is 0. The molecule has 4 atom stereocenters. The van der Waals surface area contributed by atoms with Crippen molar-refractivity contribution in [3.63, 3.8) is 0 Å². The highest BCUT2D eigenvalue weighted by Gasteiger charge is 2.37. The fraction of sp³-hybridized carbons (Fsp3) is 1.00. The van der Waals surface area contributed by atoms with Gasteiger partial charge in [-0.3, -0.25) is 0 Å². The fourth-order valence-electron chi connectivity index (χ4n) is 6.21. The molecule has 0 aromatic heterocycles. The Labute approximate surface area is 133 Å². The maximum Gasteiger partial charge on any atom is -0.0383 e. The number of hydrogen-bond donors (Lipinski definition) is 0. The third kappa shape index (κ3) is 3.85. The smallest absolute Gasteiger partial charge is 0.0383 e. The van der Waals surface area contributed by atoms with Crippen LogP contribution >= 0.6 is 0 Å². The highest BCUT2D eigenvalue weighted by Crippen LogP contribution is 2.48. The van der Waals surface area contributed by atoms with Crippen LogP contribution < -0.4 is 0 Å². The Kier molecular flexibility index (Phi) is 5.68. The molecule has 122 valence electrons. The molecule has 0 amide bonds. The van der Waals surface area contributed by atoms with Crippen LogP contribution in [0, 0.1) is 35.5 Å². The molecule has 0 radical (unpaired) electrons. The molecule has 0 aromatic rings. The highest BCUT2D eigenvalue weighted by molar-refractivity contribution is 4.88. The Morgan fingerprint density at radius 3 is 1.95 bits per heavy atom. The van der Waals surface area contributed by atoms with Gasteiger partial charge in [0, 0.05) is 0 Å². The summed E-state index contributed by atoms with van der Waals surface area (Å²) >= 11 is 0. The van der Waals surface area contributed by atoms with Crippen LogP contribution in [0.15, 0.2) is 0 Å². The molecule has 3 saturated carbocycles. The van der Waals surface area contributed by atoms with E-state index in [1.807, 2.05) is 0 Å². The van der Waals surface area contributed by atoms with Crippen molar-refractivity contribution in [1.82, 2.24) is 0 Å². The lowest BCUT2D eigenvalue weighted by atomic mass is 9.62. The molecular formula is C21H38. The van der Waals surface area contributed by atoms with E-state index < -0.39 is 0 Å². The first-order valence-corrected chi connectivity index (χ1v) is 10.3. The fourth-order valence-corrected chi connectivity index (χ4v) is 6.21. The first kappa shape index (κ1) is 15.9. The van der Waals surface area contributed by atoms with Crippen LogP contribution in [0.1, 0.15) is 97.3 Å². The predicted octanol–water partition coefficient (Wildman–Crippen LogP) is 6.84. The second-order valence-electron chi connectivity index (χ2n) is 8.82. The molecule has 0 spiro atoms. The zero-order chi connectivity index (χ0) is 14.7. The average molecular weight is 291 g/mol. The minimum Gasteiger partial charge on any atom is -0.0654 e. The lowest BCUT2D eigenvalue weighted by Gasteiger charge is -2.44. The molecule has 0 aromatic carbocycles. The molecule has 0 bridgehead atoms. The molecule has 3 rings (SSSR count). The lowest BCUT2D eigenvalue weighted by Crippen LogP contribution is -2.33. The van der Waals surface area contributed by atoms with Crippen LogP contribution in [0.2, 0.25) is 0 Å². The van der Waals surface area contributed by atoms with Crippen LogP contribution in [0.3, 0.4) is 0 Å². The summed E-state index contributed by atoms with van der Waals surface area (Å²) in [6.07, 6.45) is 20.1. The normalized spacial score (nSPS) is 42.3. The van der Waals surface area contributed by atoms with Gasteiger partial charge in [0.05, 0.1) is 0 Å². The highest BCUT2D eigenvalue weighted by atomic mass is 14.4. The Morgan fingerprint density at radius 2 is 1.24 bits per heavy atom. The number of rotatable bonds is 4. The molecule has 3 fully saturated rings. The van der Waals surface area contributed by atoms with Crippen molar-refractivity contribution < 1.29 is 0 Å². The van der Waals surface area contributed by atoms with Gasteiger partial charge in [-0.05, 0) is 80.5 Å². The summed E-state index contributed by atoms with van der Waals surface area (Å²) in [6.45, 7) is 4.87. The Balaban J connectivity index is 1.46. The third-order valence-electron chi connectivity index (χ3n) is 7.61. The summed E-state index contributed by atoms with van der Waals surface area (Å²) in [6, 6.07) is 0. The first-order chi connectivity index (χ1) is 10.3. The van der Waals surface area contributed by atoms with Crippen molar-refractivity contribution in [3.05, 3.63) is 0 Å². The number of fused-ring (bicyclic) bond motifs is 1. The summed E-state index contributed by atoms with van der Waals surface area (Å²) in [5.74, 6) is 6.55. The monoisotopic (exact) mass is 290 g/mol. The SMILES string of the molecule is CCCC(C)C1CCC(C2CCC3CCCCC3C2)CC1. The average Bonchev–Trinajstić information content (AvgIpc) is 2.55. The van der Waals surface area contributed by atoms with Crippen LogP contribution in [0.25, 0.3) is 0 Å². The van der Waals surface area contributed by atoms with Gasteiger partial charge in [-0.25, -0.2) is 0 Å². The van der Waals surface area contributed by atoms with Gasteiger partial charge in [0.2, 0.25) is 0 Å². The largest absolute Gasteiger partial charge is 0.0654 e. The second kappa shape index (κ2) is 7.51. The van der Waals surface area contributed by atoms with Crippen LogP contribution in [-0.4, -0.2) is 0 Å². The van der Waals surface area contributed by atoms with Crippen molar-refractivity contribution in [2.75, 3.05) is 0 Å². The standard InChI is InChI=1S/C21H38/c1-3-6-16(2)17-9-11-19(12-10-17)21-14-13-18-7-4-5-8-20(18)15-21/h16-21H,3-15H2,1-2H3. The molecule has 3 aliphatic carbocycles. The Bertz CT molecular complexity index is 299. The van der Waals surface area contributed by atoms with Gasteiger partial charge >= 0.3 is 0 Å². The molecule has 0 aliphatic heterocycles. The third-order valence-corrected chi connectivity index (χ3v) is 7.61. The van der Waals surface area contributed by atoms with Gasteiger partial charge in [0.25, 0.3) is 0 Å². The van der Waals surface area contributed by atoms with Crippen molar-refractivity contribution in [3.8, 4) is 0 Å².